The molecule has 0 aromatic rings. The molecule has 0 radical (unpaired) electrons. The summed E-state index contributed by atoms with van der Waals surface area (Å²) in [5, 5.41) is 28.7. The van der Waals surface area contributed by atoms with Crippen molar-refractivity contribution in [1.82, 2.24) is 0 Å². The van der Waals surface area contributed by atoms with E-state index in [1.54, 1.807) is 11.8 Å². The van der Waals surface area contributed by atoms with Crippen LogP contribution in [0.4, 0.5) is 0 Å². The molecule has 0 saturated heterocycles. The van der Waals surface area contributed by atoms with E-state index >= 15 is 0 Å². The van der Waals surface area contributed by atoms with Crippen LogP contribution in [0.5, 0.6) is 0 Å². The molecule has 0 spiro atoms. The Balaban J connectivity index is 2.29. The van der Waals surface area contributed by atoms with Gasteiger partial charge in [0.15, 0.2) is 0 Å². The fourth-order valence-corrected chi connectivity index (χ4v) is 4.01. The molecule has 0 unspecified atom stereocenters. The number of hydrogen-bond donors (Lipinski definition) is 3. The zero-order valence-electron chi connectivity index (χ0n) is 14.7. The average Bonchev–Trinajstić information content (AvgIpc) is 2.89. The Kier molecular flexibility index (Phi) is 11.1. The molecule has 0 bridgehead atoms. The molecule has 0 heterocycles. The summed E-state index contributed by atoms with van der Waals surface area (Å²) in [5.41, 5.74) is 0. The zero-order valence-corrected chi connectivity index (χ0v) is 15.5. The quantitative estimate of drug-likeness (QED) is 0.342. The minimum atomic E-state index is -0.730. The number of aliphatic hydroxyl groups excluding tert-OH is 2. The maximum Gasteiger partial charge on any atom is 0.303 e. The minimum Gasteiger partial charge on any atom is -0.481 e. The van der Waals surface area contributed by atoms with Gasteiger partial charge in [0, 0.05) is 12.3 Å². The van der Waals surface area contributed by atoms with Crippen LogP contribution in [0.25, 0.3) is 0 Å². The van der Waals surface area contributed by atoms with Gasteiger partial charge in [-0.05, 0) is 36.3 Å². The summed E-state index contributed by atoms with van der Waals surface area (Å²) < 4.78 is 0. The molecule has 3 N–H and O–H groups in total. The van der Waals surface area contributed by atoms with Crippen molar-refractivity contribution in [3.63, 3.8) is 0 Å². The molecule has 0 aromatic carbocycles. The monoisotopic (exact) mass is 356 g/mol. The first kappa shape index (κ1) is 21.3. The number of carboxylic acids is 1. The number of thioether (sulfide) groups is 1. The molecule has 0 amide bonds. The number of hydrogen-bond acceptors (Lipinski definition) is 4. The zero-order chi connectivity index (χ0) is 17.8. The molecule has 138 valence electrons. The van der Waals surface area contributed by atoms with Crippen LogP contribution < -0.4 is 0 Å². The Hall–Kier alpha value is -0.780. The van der Waals surface area contributed by atoms with Gasteiger partial charge in [-0.25, -0.2) is 0 Å². The molecule has 0 fully saturated rings. The highest BCUT2D eigenvalue weighted by atomic mass is 32.2. The molecule has 4 nitrogen and oxygen atoms in total. The smallest absolute Gasteiger partial charge is 0.303 e. The second kappa shape index (κ2) is 12.6. The summed E-state index contributed by atoms with van der Waals surface area (Å²) in [5.74, 6) is 0.212. The van der Waals surface area contributed by atoms with Gasteiger partial charge in [0.05, 0.1) is 12.2 Å². The van der Waals surface area contributed by atoms with Crippen molar-refractivity contribution in [2.45, 2.75) is 76.9 Å². The molecule has 3 atom stereocenters. The van der Waals surface area contributed by atoms with Gasteiger partial charge in [0.2, 0.25) is 0 Å². The Labute approximate surface area is 150 Å². The highest BCUT2D eigenvalue weighted by molar-refractivity contribution is 8.03. The van der Waals surface area contributed by atoms with Crippen LogP contribution in [0.2, 0.25) is 0 Å². The molecule has 0 aliphatic heterocycles. The molecule has 5 heteroatoms. The third-order valence-corrected chi connectivity index (χ3v) is 5.52. The van der Waals surface area contributed by atoms with Crippen molar-refractivity contribution in [2.75, 3.05) is 5.75 Å². The highest BCUT2D eigenvalue weighted by Crippen LogP contribution is 2.36. The van der Waals surface area contributed by atoms with Crippen LogP contribution in [0.1, 0.15) is 64.7 Å². The Morgan fingerprint density at radius 2 is 2.12 bits per heavy atom. The predicted molar refractivity (Wildman–Crippen MR) is 100 cm³/mol. The van der Waals surface area contributed by atoms with Crippen molar-refractivity contribution >= 4 is 17.7 Å². The SMILES string of the molecule is CCCCC[C@H](O)C=C[C@@H]1C(SCCCCCC(=O)O)=CC[C@H]1O. The standard InChI is InChI=1S/C19H32O4S/c1-2-3-5-8-15(20)10-11-16-17(21)12-13-18(16)24-14-7-4-6-9-19(22)23/h10-11,13,15-17,20-21H,2-9,12,14H2,1H3,(H,22,23)/t15-,16-,17+/m0/s1. The van der Waals surface area contributed by atoms with Crippen LogP contribution in [0, 0.1) is 5.92 Å². The summed E-state index contributed by atoms with van der Waals surface area (Å²) >= 11 is 1.75. The Morgan fingerprint density at radius 1 is 1.33 bits per heavy atom. The minimum absolute atomic E-state index is 0.00477. The number of aliphatic hydroxyl groups is 2. The molecule has 24 heavy (non-hydrogen) atoms. The molecule has 1 aliphatic rings. The highest BCUT2D eigenvalue weighted by Gasteiger charge is 2.26. The van der Waals surface area contributed by atoms with E-state index in [0.717, 1.165) is 50.7 Å². The first-order chi connectivity index (χ1) is 11.5. The van der Waals surface area contributed by atoms with E-state index < -0.39 is 18.2 Å². The van der Waals surface area contributed by atoms with Gasteiger partial charge in [0.25, 0.3) is 0 Å². The Bertz CT molecular complexity index is 420. The van der Waals surface area contributed by atoms with E-state index in [-0.39, 0.29) is 12.3 Å². The van der Waals surface area contributed by atoms with E-state index in [4.69, 9.17) is 5.11 Å². The van der Waals surface area contributed by atoms with Crippen LogP contribution in [0.3, 0.4) is 0 Å². The summed E-state index contributed by atoms with van der Waals surface area (Å²) in [6, 6.07) is 0. The lowest BCUT2D eigenvalue weighted by Crippen LogP contribution is -2.14. The van der Waals surface area contributed by atoms with Gasteiger partial charge in [-0.15, -0.1) is 11.8 Å². The lowest BCUT2D eigenvalue weighted by molar-refractivity contribution is -0.137. The van der Waals surface area contributed by atoms with Gasteiger partial charge in [-0.2, -0.15) is 0 Å². The molecule has 0 saturated carbocycles. The molecular formula is C19H32O4S. The van der Waals surface area contributed by atoms with E-state index in [9.17, 15) is 15.0 Å². The van der Waals surface area contributed by atoms with Crippen molar-refractivity contribution in [3.8, 4) is 0 Å². The second-order valence-corrected chi connectivity index (χ2v) is 7.60. The lowest BCUT2D eigenvalue weighted by atomic mass is 10.0. The van der Waals surface area contributed by atoms with Gasteiger partial charge in [-0.1, -0.05) is 50.8 Å². The van der Waals surface area contributed by atoms with E-state index in [1.807, 2.05) is 12.2 Å². The van der Waals surface area contributed by atoms with Gasteiger partial charge in [-0.3, -0.25) is 4.79 Å². The fraction of sp³-hybridized carbons (Fsp3) is 0.737. The number of unbranched alkanes of at least 4 members (excludes halogenated alkanes) is 4. The number of carboxylic acid groups (broad SMARTS) is 1. The summed E-state index contributed by atoms with van der Waals surface area (Å²) in [4.78, 5) is 11.6. The predicted octanol–water partition coefficient (Wildman–Crippen LogP) is 4.13. The third kappa shape index (κ3) is 8.90. The second-order valence-electron chi connectivity index (χ2n) is 6.44. The first-order valence-electron chi connectivity index (χ1n) is 9.13. The van der Waals surface area contributed by atoms with E-state index in [2.05, 4.69) is 13.0 Å². The molecule has 0 aromatic heterocycles. The number of rotatable bonds is 13. The van der Waals surface area contributed by atoms with Gasteiger partial charge >= 0.3 is 5.97 Å². The van der Waals surface area contributed by atoms with Crippen molar-refractivity contribution in [2.24, 2.45) is 5.92 Å². The van der Waals surface area contributed by atoms with Crippen molar-refractivity contribution < 1.29 is 20.1 Å². The van der Waals surface area contributed by atoms with Crippen molar-refractivity contribution in [1.29, 1.82) is 0 Å². The van der Waals surface area contributed by atoms with Gasteiger partial charge in [0.1, 0.15) is 0 Å². The molecular weight excluding hydrogens is 324 g/mol. The summed E-state index contributed by atoms with van der Waals surface area (Å²) in [7, 11) is 0. The average molecular weight is 357 g/mol. The maximum atomic E-state index is 10.5. The topological polar surface area (TPSA) is 77.8 Å². The maximum absolute atomic E-state index is 10.5. The molecule has 1 aliphatic carbocycles. The van der Waals surface area contributed by atoms with Crippen LogP contribution in [-0.2, 0) is 4.79 Å². The third-order valence-electron chi connectivity index (χ3n) is 4.25. The van der Waals surface area contributed by atoms with Gasteiger partial charge < -0.3 is 15.3 Å². The Morgan fingerprint density at radius 3 is 2.83 bits per heavy atom. The number of aliphatic carboxylic acids is 1. The van der Waals surface area contributed by atoms with Crippen LogP contribution in [-0.4, -0.2) is 39.2 Å². The fourth-order valence-electron chi connectivity index (χ4n) is 2.78. The first-order valence-corrected chi connectivity index (χ1v) is 10.1. The number of carbonyl (C=O) groups is 1. The van der Waals surface area contributed by atoms with Crippen LogP contribution in [0.15, 0.2) is 23.1 Å². The lowest BCUT2D eigenvalue weighted by Gasteiger charge is -2.15. The largest absolute Gasteiger partial charge is 0.481 e. The normalized spacial score (nSPS) is 22.0. The summed E-state index contributed by atoms with van der Waals surface area (Å²) in [6.45, 7) is 2.15. The van der Waals surface area contributed by atoms with Crippen molar-refractivity contribution in [3.05, 3.63) is 23.1 Å². The summed E-state index contributed by atoms with van der Waals surface area (Å²) in [6.07, 6.45) is 12.7. The van der Waals surface area contributed by atoms with E-state index in [0.29, 0.717) is 6.42 Å². The van der Waals surface area contributed by atoms with Crippen LogP contribution >= 0.6 is 11.8 Å². The molecule has 1 rings (SSSR count). The van der Waals surface area contributed by atoms with E-state index in [1.165, 1.54) is 4.91 Å².